The SMILES string of the molecule is CC1C(=O)Nc2cc(C(=O)N3C[C@@H](N)[C@H](c4ccccc4)C3)ccc2N1C.Cl. The molecular weight excluding hydrogens is 376 g/mol. The number of halogens is 1. The van der Waals surface area contributed by atoms with Gasteiger partial charge in [0.25, 0.3) is 5.91 Å². The molecule has 0 aliphatic carbocycles. The van der Waals surface area contributed by atoms with Crippen molar-refractivity contribution >= 4 is 35.6 Å². The van der Waals surface area contributed by atoms with Gasteiger partial charge in [-0.1, -0.05) is 30.3 Å². The average molecular weight is 401 g/mol. The molecule has 3 N–H and O–H groups in total. The lowest BCUT2D eigenvalue weighted by atomic mass is 9.95. The highest BCUT2D eigenvalue weighted by molar-refractivity contribution is 6.05. The van der Waals surface area contributed by atoms with Crippen LogP contribution >= 0.6 is 12.4 Å². The van der Waals surface area contributed by atoms with E-state index in [1.54, 1.807) is 11.0 Å². The molecule has 0 radical (unpaired) electrons. The number of nitrogens with zero attached hydrogens (tertiary/aromatic N) is 2. The van der Waals surface area contributed by atoms with Gasteiger partial charge < -0.3 is 20.9 Å². The van der Waals surface area contributed by atoms with Gasteiger partial charge in [-0.25, -0.2) is 0 Å². The molecule has 7 heteroatoms. The van der Waals surface area contributed by atoms with Crippen LogP contribution in [0.4, 0.5) is 11.4 Å². The van der Waals surface area contributed by atoms with Crippen LogP contribution < -0.4 is 16.0 Å². The molecule has 1 saturated heterocycles. The third-order valence-electron chi connectivity index (χ3n) is 5.72. The molecule has 148 valence electrons. The number of benzene rings is 2. The van der Waals surface area contributed by atoms with E-state index in [0.29, 0.717) is 24.3 Å². The van der Waals surface area contributed by atoms with Gasteiger partial charge in [-0.3, -0.25) is 9.59 Å². The second kappa shape index (κ2) is 7.81. The Morgan fingerprint density at radius 3 is 2.57 bits per heavy atom. The smallest absolute Gasteiger partial charge is 0.254 e. The van der Waals surface area contributed by atoms with Crippen molar-refractivity contribution < 1.29 is 9.59 Å². The highest BCUT2D eigenvalue weighted by atomic mass is 35.5. The van der Waals surface area contributed by atoms with E-state index < -0.39 is 0 Å². The fourth-order valence-corrected chi connectivity index (χ4v) is 3.93. The van der Waals surface area contributed by atoms with Gasteiger partial charge in [-0.15, -0.1) is 12.4 Å². The van der Waals surface area contributed by atoms with E-state index >= 15 is 0 Å². The van der Waals surface area contributed by atoms with E-state index in [9.17, 15) is 9.59 Å². The summed E-state index contributed by atoms with van der Waals surface area (Å²) >= 11 is 0. The van der Waals surface area contributed by atoms with Crippen molar-refractivity contribution in [2.75, 3.05) is 30.4 Å². The summed E-state index contributed by atoms with van der Waals surface area (Å²) in [6.07, 6.45) is 0. The monoisotopic (exact) mass is 400 g/mol. The first-order valence-corrected chi connectivity index (χ1v) is 9.23. The quantitative estimate of drug-likeness (QED) is 0.811. The fourth-order valence-electron chi connectivity index (χ4n) is 3.93. The maximum Gasteiger partial charge on any atom is 0.254 e. The Labute approximate surface area is 171 Å². The summed E-state index contributed by atoms with van der Waals surface area (Å²) in [5, 5.41) is 2.89. The third-order valence-corrected chi connectivity index (χ3v) is 5.72. The van der Waals surface area contributed by atoms with Crippen LogP contribution in [0.3, 0.4) is 0 Å². The Balaban J connectivity index is 0.00000225. The number of carbonyl (C=O) groups excluding carboxylic acids is 2. The predicted octanol–water partition coefficient (Wildman–Crippen LogP) is 2.45. The number of likely N-dealkylation sites (tertiary alicyclic amines) is 1. The van der Waals surface area contributed by atoms with Crippen LogP contribution in [0.25, 0.3) is 0 Å². The molecule has 4 rings (SSSR count). The van der Waals surface area contributed by atoms with Crippen LogP contribution in [-0.4, -0.2) is 48.9 Å². The van der Waals surface area contributed by atoms with Crippen molar-refractivity contribution in [3.8, 4) is 0 Å². The first-order chi connectivity index (χ1) is 13.0. The number of fused-ring (bicyclic) bond motifs is 1. The normalized spacial score (nSPS) is 23.7. The van der Waals surface area contributed by atoms with Crippen LogP contribution in [0.1, 0.15) is 28.8 Å². The van der Waals surface area contributed by atoms with Crippen molar-refractivity contribution in [1.82, 2.24) is 4.90 Å². The number of amides is 2. The summed E-state index contributed by atoms with van der Waals surface area (Å²) < 4.78 is 0. The van der Waals surface area contributed by atoms with Crippen molar-refractivity contribution in [3.63, 3.8) is 0 Å². The molecule has 2 aromatic carbocycles. The first-order valence-electron chi connectivity index (χ1n) is 9.23. The number of anilines is 2. The van der Waals surface area contributed by atoms with Gasteiger partial charge >= 0.3 is 0 Å². The molecule has 2 aliphatic rings. The summed E-state index contributed by atoms with van der Waals surface area (Å²) in [4.78, 5) is 28.8. The molecule has 0 saturated carbocycles. The molecule has 0 spiro atoms. The molecule has 1 fully saturated rings. The number of rotatable bonds is 2. The Morgan fingerprint density at radius 1 is 1.14 bits per heavy atom. The van der Waals surface area contributed by atoms with E-state index in [1.165, 1.54) is 0 Å². The number of hydrogen-bond donors (Lipinski definition) is 2. The van der Waals surface area contributed by atoms with E-state index in [-0.39, 0.29) is 42.2 Å². The van der Waals surface area contributed by atoms with Gasteiger partial charge in [-0.2, -0.15) is 0 Å². The Hall–Kier alpha value is -2.57. The molecule has 28 heavy (non-hydrogen) atoms. The zero-order valence-corrected chi connectivity index (χ0v) is 16.8. The molecule has 6 nitrogen and oxygen atoms in total. The highest BCUT2D eigenvalue weighted by Gasteiger charge is 2.35. The maximum absolute atomic E-state index is 13.0. The summed E-state index contributed by atoms with van der Waals surface area (Å²) in [5.74, 6) is 0.0172. The van der Waals surface area contributed by atoms with E-state index in [4.69, 9.17) is 5.73 Å². The minimum Gasteiger partial charge on any atom is -0.361 e. The summed E-state index contributed by atoms with van der Waals surface area (Å²) in [6.45, 7) is 2.98. The molecule has 2 amide bonds. The lowest BCUT2D eigenvalue weighted by Crippen LogP contribution is -2.44. The number of likely N-dealkylation sites (N-methyl/N-ethyl adjacent to an activating group) is 1. The number of nitrogens with one attached hydrogen (secondary N) is 1. The summed E-state index contributed by atoms with van der Waals surface area (Å²) in [7, 11) is 1.88. The van der Waals surface area contributed by atoms with E-state index in [0.717, 1.165) is 11.3 Å². The minimum absolute atomic E-state index is 0. The van der Waals surface area contributed by atoms with Crippen LogP contribution in [0.15, 0.2) is 48.5 Å². The lowest BCUT2D eigenvalue weighted by molar-refractivity contribution is -0.117. The Morgan fingerprint density at radius 2 is 1.86 bits per heavy atom. The summed E-state index contributed by atoms with van der Waals surface area (Å²) in [6, 6.07) is 15.3. The average Bonchev–Trinajstić information content (AvgIpc) is 3.07. The molecular formula is C21H25ClN4O2. The summed E-state index contributed by atoms with van der Waals surface area (Å²) in [5.41, 5.74) is 9.64. The first kappa shape index (κ1) is 20.2. The lowest BCUT2D eigenvalue weighted by Gasteiger charge is -2.33. The largest absolute Gasteiger partial charge is 0.361 e. The number of hydrogen-bond acceptors (Lipinski definition) is 4. The molecule has 2 heterocycles. The van der Waals surface area contributed by atoms with Crippen LogP contribution in [0.2, 0.25) is 0 Å². The van der Waals surface area contributed by atoms with Crippen molar-refractivity contribution in [2.45, 2.75) is 24.9 Å². The zero-order valence-electron chi connectivity index (χ0n) is 16.0. The molecule has 0 aromatic heterocycles. The van der Waals surface area contributed by atoms with Gasteiger partial charge in [-0.05, 0) is 30.7 Å². The molecule has 0 bridgehead atoms. The van der Waals surface area contributed by atoms with Gasteiger partial charge in [0, 0.05) is 37.7 Å². The highest BCUT2D eigenvalue weighted by Crippen LogP contribution is 2.33. The second-order valence-corrected chi connectivity index (χ2v) is 7.40. The van der Waals surface area contributed by atoms with Crippen molar-refractivity contribution in [1.29, 1.82) is 0 Å². The van der Waals surface area contributed by atoms with Crippen LogP contribution in [-0.2, 0) is 4.79 Å². The third kappa shape index (κ3) is 3.45. The van der Waals surface area contributed by atoms with E-state index in [2.05, 4.69) is 17.4 Å². The Kier molecular flexibility index (Phi) is 5.63. The standard InChI is InChI=1S/C21H24N4O2.ClH/c1-13-20(26)23-18-10-15(8-9-19(18)24(13)2)21(27)25-11-16(17(22)12-25)14-6-4-3-5-7-14;/h3-10,13,16-17H,11-12,22H2,1-2H3,(H,23,26);1H/t13?,16-,17+;/m0./s1. The molecule has 2 aromatic rings. The van der Waals surface area contributed by atoms with Crippen LogP contribution in [0.5, 0.6) is 0 Å². The predicted molar refractivity (Wildman–Crippen MR) is 113 cm³/mol. The van der Waals surface area contributed by atoms with Gasteiger partial charge in [0.2, 0.25) is 5.91 Å². The molecule has 3 atom stereocenters. The zero-order chi connectivity index (χ0) is 19.1. The van der Waals surface area contributed by atoms with Gasteiger partial charge in [0.15, 0.2) is 0 Å². The fraction of sp³-hybridized carbons (Fsp3) is 0.333. The Bertz CT molecular complexity index is 889. The minimum atomic E-state index is -0.234. The topological polar surface area (TPSA) is 78.7 Å². The van der Waals surface area contributed by atoms with Crippen molar-refractivity contribution in [3.05, 3.63) is 59.7 Å². The number of carbonyl (C=O) groups is 2. The number of nitrogens with two attached hydrogens (primary N) is 1. The second-order valence-electron chi connectivity index (χ2n) is 7.40. The molecule has 1 unspecified atom stereocenters. The maximum atomic E-state index is 13.0. The van der Waals surface area contributed by atoms with E-state index in [1.807, 2.05) is 49.2 Å². The van der Waals surface area contributed by atoms with Crippen molar-refractivity contribution in [2.24, 2.45) is 5.73 Å². The molecule has 2 aliphatic heterocycles. The van der Waals surface area contributed by atoms with Crippen LogP contribution in [0, 0.1) is 0 Å². The van der Waals surface area contributed by atoms with Gasteiger partial charge in [0.1, 0.15) is 6.04 Å². The van der Waals surface area contributed by atoms with Gasteiger partial charge in [0.05, 0.1) is 11.4 Å².